The summed E-state index contributed by atoms with van der Waals surface area (Å²) in [6.45, 7) is 3.68. The number of rotatable bonds is 8. The molecule has 0 aliphatic carbocycles. The van der Waals surface area contributed by atoms with Gasteiger partial charge in [0.25, 0.3) is 10.1 Å². The van der Waals surface area contributed by atoms with Gasteiger partial charge in [-0.1, -0.05) is 18.2 Å². The molecule has 0 fully saturated rings. The van der Waals surface area contributed by atoms with E-state index in [2.05, 4.69) is 35.8 Å². The summed E-state index contributed by atoms with van der Waals surface area (Å²) in [4.78, 5) is 12.2. The average molecular weight is 606 g/mol. The van der Waals surface area contributed by atoms with E-state index in [1.165, 1.54) is 19.2 Å². The van der Waals surface area contributed by atoms with Crippen molar-refractivity contribution >= 4 is 67.1 Å². The first-order valence-electron chi connectivity index (χ1n) is 12.4. The smallest absolute Gasteiger partial charge is 0.296 e. The van der Waals surface area contributed by atoms with Gasteiger partial charge in [0.05, 0.1) is 7.11 Å². The Morgan fingerprint density at radius 2 is 1.62 bits per heavy atom. The third-order valence-corrected chi connectivity index (χ3v) is 7.29. The van der Waals surface area contributed by atoms with Crippen molar-refractivity contribution in [2.75, 3.05) is 17.7 Å². The summed E-state index contributed by atoms with van der Waals surface area (Å²) >= 11 is 6.15. The van der Waals surface area contributed by atoms with E-state index in [1.54, 1.807) is 31.2 Å². The van der Waals surface area contributed by atoms with E-state index in [1.807, 2.05) is 31.2 Å². The zero-order valence-corrected chi connectivity index (χ0v) is 24.1. The van der Waals surface area contributed by atoms with Gasteiger partial charge in [-0.3, -0.25) is 4.55 Å². The molecule has 0 radical (unpaired) electrons. The maximum atomic E-state index is 11.9. The van der Waals surface area contributed by atoms with Crippen molar-refractivity contribution in [1.82, 2.24) is 15.0 Å². The third kappa shape index (κ3) is 6.22. The zero-order chi connectivity index (χ0) is 30.0. The van der Waals surface area contributed by atoms with Gasteiger partial charge in [0.1, 0.15) is 22.0 Å². The summed E-state index contributed by atoms with van der Waals surface area (Å²) in [5.74, 6) is 0.542. The van der Waals surface area contributed by atoms with Gasteiger partial charge in [0, 0.05) is 22.8 Å². The number of halogens is 1. The summed E-state index contributed by atoms with van der Waals surface area (Å²) in [7, 11) is -3.25. The van der Waals surface area contributed by atoms with Crippen LogP contribution >= 0.6 is 11.6 Å². The minimum atomic E-state index is -4.61. The molecule has 4 aromatic carbocycles. The molecule has 0 aliphatic heterocycles. The highest BCUT2D eigenvalue weighted by atomic mass is 35.5. The van der Waals surface area contributed by atoms with Gasteiger partial charge in [-0.15, -0.1) is 10.2 Å². The Balaban J connectivity index is 1.44. The SMILES string of the molecule is COc1ccc(N=Nc2c(C)cc3cc(Nc4nc(Cl)nc(Nc5ccccc5C)n4)ccc3c2O)c(S(=O)(=O)O)c1. The normalized spacial score (nSPS) is 11.6. The Labute approximate surface area is 245 Å². The lowest BCUT2D eigenvalue weighted by atomic mass is 10.0. The van der Waals surface area contributed by atoms with Crippen molar-refractivity contribution in [2.45, 2.75) is 18.7 Å². The van der Waals surface area contributed by atoms with E-state index in [4.69, 9.17) is 16.3 Å². The fourth-order valence-corrected chi connectivity index (χ4v) is 4.96. The van der Waals surface area contributed by atoms with Crippen molar-refractivity contribution in [1.29, 1.82) is 0 Å². The van der Waals surface area contributed by atoms with Gasteiger partial charge in [0.2, 0.25) is 17.2 Å². The van der Waals surface area contributed by atoms with Crippen molar-refractivity contribution in [3.63, 3.8) is 0 Å². The number of benzene rings is 4. The number of aromatic nitrogens is 3. The molecule has 5 rings (SSSR count). The molecule has 14 heteroatoms. The molecular weight excluding hydrogens is 582 g/mol. The highest BCUT2D eigenvalue weighted by molar-refractivity contribution is 7.86. The van der Waals surface area contributed by atoms with Crippen LogP contribution in [0.2, 0.25) is 5.28 Å². The van der Waals surface area contributed by atoms with Crippen molar-refractivity contribution in [3.05, 3.63) is 83.1 Å². The number of hydrogen-bond donors (Lipinski definition) is 4. The Morgan fingerprint density at radius 3 is 2.33 bits per heavy atom. The van der Waals surface area contributed by atoms with E-state index in [0.717, 1.165) is 17.3 Å². The number of hydrogen-bond acceptors (Lipinski definition) is 11. The molecule has 1 heterocycles. The predicted molar refractivity (Wildman–Crippen MR) is 160 cm³/mol. The number of para-hydroxylation sites is 1. The van der Waals surface area contributed by atoms with Crippen molar-refractivity contribution in [3.8, 4) is 11.5 Å². The molecule has 0 atom stereocenters. The Bertz CT molecular complexity index is 1970. The average Bonchev–Trinajstić information content (AvgIpc) is 2.93. The largest absolute Gasteiger partial charge is 0.505 e. The van der Waals surface area contributed by atoms with Gasteiger partial charge in [-0.25, -0.2) is 0 Å². The van der Waals surface area contributed by atoms with Crippen molar-refractivity contribution in [2.24, 2.45) is 10.2 Å². The monoisotopic (exact) mass is 605 g/mol. The van der Waals surface area contributed by atoms with Crippen LogP contribution in [-0.2, 0) is 10.1 Å². The first-order valence-corrected chi connectivity index (χ1v) is 14.2. The van der Waals surface area contributed by atoms with E-state index in [0.29, 0.717) is 22.0 Å². The van der Waals surface area contributed by atoms with Crippen LogP contribution in [-0.4, -0.2) is 40.1 Å². The van der Waals surface area contributed by atoms with Crippen LogP contribution in [0.15, 0.2) is 81.9 Å². The maximum absolute atomic E-state index is 11.9. The minimum Gasteiger partial charge on any atom is -0.505 e. The van der Waals surface area contributed by atoms with E-state index in [9.17, 15) is 18.1 Å². The first kappa shape index (κ1) is 28.7. The standard InChI is InChI=1S/C28H24ClN7O5S/c1-15-6-4-5-7-21(15)31-28-33-26(29)32-27(34-28)30-18-8-10-20-17(13-18)12-16(2)24(25(20)37)36-35-22-11-9-19(41-3)14-23(22)42(38,39)40/h4-14,37H,1-3H3,(H,38,39,40)(H2,30,31,32,33,34). The van der Waals surface area contributed by atoms with Crippen LogP contribution in [0.25, 0.3) is 10.8 Å². The van der Waals surface area contributed by atoms with E-state index in [-0.39, 0.29) is 40.1 Å². The highest BCUT2D eigenvalue weighted by Crippen LogP contribution is 2.40. The molecule has 0 aliphatic rings. The second-order valence-corrected chi connectivity index (χ2v) is 10.9. The molecule has 0 bridgehead atoms. The predicted octanol–water partition coefficient (Wildman–Crippen LogP) is 7.16. The first-order chi connectivity index (χ1) is 20.0. The number of nitrogens with zero attached hydrogens (tertiary/aromatic N) is 5. The third-order valence-electron chi connectivity index (χ3n) is 6.23. The number of fused-ring (bicyclic) bond motifs is 1. The van der Waals surface area contributed by atoms with Gasteiger partial charge < -0.3 is 20.5 Å². The van der Waals surface area contributed by atoms with Crippen LogP contribution in [0, 0.1) is 13.8 Å². The Hall–Kier alpha value is -4.85. The Morgan fingerprint density at radius 1 is 0.881 bits per heavy atom. The Kier molecular flexibility index (Phi) is 7.89. The number of azo groups is 1. The summed E-state index contributed by atoms with van der Waals surface area (Å²) in [5, 5.41) is 26.5. The lowest BCUT2D eigenvalue weighted by molar-refractivity contribution is 0.412. The van der Waals surface area contributed by atoms with E-state index >= 15 is 0 Å². The topological polar surface area (TPSA) is 171 Å². The molecule has 12 nitrogen and oxygen atoms in total. The fraction of sp³-hybridized carbons (Fsp3) is 0.107. The van der Waals surface area contributed by atoms with Gasteiger partial charge in [-0.2, -0.15) is 23.4 Å². The lowest BCUT2D eigenvalue weighted by Gasteiger charge is -2.12. The molecular formula is C28H24ClN7O5S. The second-order valence-electron chi connectivity index (χ2n) is 9.15. The van der Waals surface area contributed by atoms with Crippen LogP contribution in [0.3, 0.4) is 0 Å². The maximum Gasteiger partial charge on any atom is 0.296 e. The minimum absolute atomic E-state index is 0.00174. The second kappa shape index (κ2) is 11.6. The summed E-state index contributed by atoms with van der Waals surface area (Å²) in [6.07, 6.45) is 0. The number of methoxy groups -OCH3 is 1. The molecule has 214 valence electrons. The fourth-order valence-electron chi connectivity index (χ4n) is 4.16. The molecule has 0 saturated heterocycles. The van der Waals surface area contributed by atoms with Crippen LogP contribution in [0.4, 0.5) is 34.6 Å². The molecule has 0 saturated carbocycles. The lowest BCUT2D eigenvalue weighted by Crippen LogP contribution is -2.04. The number of phenols is 1. The number of nitrogens with one attached hydrogen (secondary N) is 2. The molecule has 42 heavy (non-hydrogen) atoms. The van der Waals surface area contributed by atoms with Gasteiger partial charge in [-0.05, 0) is 84.4 Å². The van der Waals surface area contributed by atoms with Crippen LogP contribution < -0.4 is 15.4 Å². The quantitative estimate of drug-likeness (QED) is 0.105. The molecule has 4 N–H and O–H groups in total. The molecule has 0 amide bonds. The molecule has 0 unspecified atom stereocenters. The number of ether oxygens (including phenoxy) is 1. The number of aryl methyl sites for hydroxylation is 2. The number of phenolic OH excluding ortho intramolecular Hbond substituents is 1. The summed E-state index contributed by atoms with van der Waals surface area (Å²) < 4.78 is 38.4. The molecule has 0 spiro atoms. The van der Waals surface area contributed by atoms with Crippen molar-refractivity contribution < 1.29 is 22.8 Å². The number of aromatic hydroxyl groups is 1. The van der Waals surface area contributed by atoms with E-state index < -0.39 is 15.0 Å². The highest BCUT2D eigenvalue weighted by Gasteiger charge is 2.18. The summed E-state index contributed by atoms with van der Waals surface area (Å²) in [5.41, 5.74) is 3.04. The summed E-state index contributed by atoms with van der Waals surface area (Å²) in [6, 6.07) is 18.6. The molecule has 1 aromatic heterocycles. The molecule has 5 aromatic rings. The number of anilines is 4. The van der Waals surface area contributed by atoms with Gasteiger partial charge >= 0.3 is 0 Å². The van der Waals surface area contributed by atoms with Crippen LogP contribution in [0.5, 0.6) is 11.5 Å². The van der Waals surface area contributed by atoms with Gasteiger partial charge in [0.15, 0.2) is 5.75 Å². The van der Waals surface area contributed by atoms with Crippen LogP contribution in [0.1, 0.15) is 11.1 Å². The zero-order valence-electron chi connectivity index (χ0n) is 22.5.